The summed E-state index contributed by atoms with van der Waals surface area (Å²) < 4.78 is 11.0. The number of hydrogen-bond acceptors (Lipinski definition) is 8. The van der Waals surface area contributed by atoms with Gasteiger partial charge in [-0.1, -0.05) is 0 Å². The molecule has 8 nitrogen and oxygen atoms in total. The van der Waals surface area contributed by atoms with Crippen LogP contribution in [0.1, 0.15) is 52.0 Å². The number of allylic oxidation sites excluding steroid dienone is 2. The molecule has 2 aromatic rings. The van der Waals surface area contributed by atoms with Crippen LogP contribution in [0.15, 0.2) is 34.0 Å². The van der Waals surface area contributed by atoms with E-state index in [2.05, 4.69) is 15.9 Å². The van der Waals surface area contributed by atoms with Crippen LogP contribution in [-0.2, 0) is 14.3 Å². The molecule has 1 N–H and O–H groups in total. The molecule has 0 radical (unpaired) electrons. The van der Waals surface area contributed by atoms with E-state index in [0.717, 1.165) is 16.7 Å². The summed E-state index contributed by atoms with van der Waals surface area (Å²) in [5.74, 6) is -1.51. The zero-order valence-electron chi connectivity index (χ0n) is 22.0. The molecule has 0 saturated carbocycles. The number of rotatable bonds is 7. The molecule has 9 heteroatoms. The highest BCUT2D eigenvalue weighted by molar-refractivity contribution is 9.10. The van der Waals surface area contributed by atoms with Gasteiger partial charge in [-0.05, 0) is 98.8 Å². The number of esters is 1. The van der Waals surface area contributed by atoms with Crippen molar-refractivity contribution >= 4 is 33.5 Å². The number of Topliss-reactive ketones (excluding diaryl/α,β-unsaturated/α-hetero) is 1. The SMILES string of the molecule is COC1=CC(=O)C=C(C)C1C(=O)Oc1c(C)c(C)c(OOc2cc(C)c(C(C)=O)c(C)c2C)c(O)c1Br. The van der Waals surface area contributed by atoms with E-state index in [1.807, 2.05) is 20.8 Å². The molecule has 37 heavy (non-hydrogen) atoms. The Morgan fingerprint density at radius 3 is 2.14 bits per heavy atom. The van der Waals surface area contributed by atoms with Crippen LogP contribution in [0.2, 0.25) is 0 Å². The van der Waals surface area contributed by atoms with Crippen molar-refractivity contribution in [3.63, 3.8) is 0 Å². The number of halogens is 1. The van der Waals surface area contributed by atoms with Crippen molar-refractivity contribution < 1.29 is 38.7 Å². The summed E-state index contributed by atoms with van der Waals surface area (Å²) in [6.45, 7) is 12.0. The van der Waals surface area contributed by atoms with Crippen molar-refractivity contribution in [3.05, 3.63) is 67.4 Å². The fraction of sp³-hybridized carbons (Fsp3) is 0.321. The Morgan fingerprint density at radius 2 is 1.54 bits per heavy atom. The summed E-state index contributed by atoms with van der Waals surface area (Å²) in [5, 5.41) is 10.9. The Hall–Kier alpha value is -3.59. The molecule has 1 aliphatic rings. The predicted octanol–water partition coefficient (Wildman–Crippen LogP) is 5.85. The smallest absolute Gasteiger partial charge is 0.326 e. The van der Waals surface area contributed by atoms with E-state index in [0.29, 0.717) is 28.0 Å². The van der Waals surface area contributed by atoms with E-state index in [-0.39, 0.29) is 39.0 Å². The quantitative estimate of drug-likeness (QED) is 0.145. The molecule has 0 heterocycles. The third kappa shape index (κ3) is 5.27. The van der Waals surface area contributed by atoms with E-state index in [9.17, 15) is 19.5 Å². The number of methoxy groups -OCH3 is 1. The molecule has 196 valence electrons. The summed E-state index contributed by atoms with van der Waals surface area (Å²) in [6, 6.07) is 1.70. The minimum absolute atomic E-state index is 0.0336. The first-order valence-electron chi connectivity index (χ1n) is 11.5. The summed E-state index contributed by atoms with van der Waals surface area (Å²) in [5.41, 5.74) is 4.36. The van der Waals surface area contributed by atoms with Gasteiger partial charge < -0.3 is 14.6 Å². The van der Waals surface area contributed by atoms with E-state index >= 15 is 0 Å². The van der Waals surface area contributed by atoms with Gasteiger partial charge in [-0.2, -0.15) is 0 Å². The second-order valence-corrected chi connectivity index (χ2v) is 9.80. The topological polar surface area (TPSA) is 108 Å². The van der Waals surface area contributed by atoms with Crippen molar-refractivity contribution in [1.29, 1.82) is 0 Å². The molecule has 0 saturated heterocycles. The molecular weight excluding hydrogens is 544 g/mol. The lowest BCUT2D eigenvalue weighted by atomic mass is 9.92. The zero-order valence-corrected chi connectivity index (χ0v) is 23.6. The highest BCUT2D eigenvalue weighted by Crippen LogP contribution is 2.47. The summed E-state index contributed by atoms with van der Waals surface area (Å²) in [7, 11) is 1.37. The van der Waals surface area contributed by atoms with E-state index < -0.39 is 11.9 Å². The minimum Gasteiger partial charge on any atom is -0.503 e. The van der Waals surface area contributed by atoms with Crippen LogP contribution >= 0.6 is 15.9 Å². The van der Waals surface area contributed by atoms with Crippen LogP contribution in [0.5, 0.6) is 23.0 Å². The first-order chi connectivity index (χ1) is 17.3. The van der Waals surface area contributed by atoms with Crippen LogP contribution in [0.4, 0.5) is 0 Å². The van der Waals surface area contributed by atoms with Crippen LogP contribution in [0, 0.1) is 40.5 Å². The van der Waals surface area contributed by atoms with Gasteiger partial charge in [0.25, 0.3) is 0 Å². The lowest BCUT2D eigenvalue weighted by Gasteiger charge is -2.23. The van der Waals surface area contributed by atoms with Gasteiger partial charge in [0.05, 0.1) is 7.11 Å². The van der Waals surface area contributed by atoms with Gasteiger partial charge in [-0.25, -0.2) is 0 Å². The first kappa shape index (κ1) is 28.0. The molecule has 3 rings (SSSR count). The monoisotopic (exact) mass is 572 g/mol. The summed E-state index contributed by atoms with van der Waals surface area (Å²) in [4.78, 5) is 48.0. The number of aryl methyl sites for hydroxylation is 1. The van der Waals surface area contributed by atoms with Crippen molar-refractivity contribution in [2.24, 2.45) is 5.92 Å². The number of carbonyl (C=O) groups excluding carboxylic acids is 3. The van der Waals surface area contributed by atoms with E-state index in [1.165, 1.54) is 26.2 Å². The Balaban J connectivity index is 1.92. The van der Waals surface area contributed by atoms with Crippen LogP contribution in [0.3, 0.4) is 0 Å². The lowest BCUT2D eigenvalue weighted by molar-refractivity contribution is -0.137. The standard InChI is InChI=1S/C28H29BrO8/c1-12-9-19(31)11-21(34-8)23(12)28(33)35-26-16(5)17(6)27(25(32)24(26)29)37-36-20-10-13(2)22(18(7)30)15(4)14(20)3/h9-11,23,32H,1-8H3. The van der Waals surface area contributed by atoms with Crippen LogP contribution in [-0.4, -0.2) is 29.8 Å². The third-order valence-electron chi connectivity index (χ3n) is 6.55. The number of ether oxygens (including phenoxy) is 2. The van der Waals surface area contributed by atoms with Gasteiger partial charge in [0.15, 0.2) is 28.8 Å². The van der Waals surface area contributed by atoms with E-state index in [4.69, 9.17) is 19.2 Å². The fourth-order valence-electron chi connectivity index (χ4n) is 4.31. The van der Waals surface area contributed by atoms with Crippen molar-refractivity contribution in [2.45, 2.75) is 48.5 Å². The minimum atomic E-state index is -0.900. The van der Waals surface area contributed by atoms with Gasteiger partial charge in [0.1, 0.15) is 16.1 Å². The molecule has 1 aliphatic carbocycles. The maximum Gasteiger partial charge on any atom is 0.326 e. The van der Waals surface area contributed by atoms with Gasteiger partial charge in [-0.15, -0.1) is 0 Å². The molecule has 0 amide bonds. The van der Waals surface area contributed by atoms with Crippen LogP contribution < -0.4 is 14.5 Å². The normalized spacial score (nSPS) is 15.1. The van der Waals surface area contributed by atoms with E-state index in [1.54, 1.807) is 26.8 Å². The van der Waals surface area contributed by atoms with Crippen LogP contribution in [0.25, 0.3) is 0 Å². The van der Waals surface area contributed by atoms with Crippen molar-refractivity contribution in [2.75, 3.05) is 7.11 Å². The highest BCUT2D eigenvalue weighted by Gasteiger charge is 2.33. The molecule has 2 aromatic carbocycles. The van der Waals surface area contributed by atoms with Gasteiger partial charge >= 0.3 is 5.97 Å². The second-order valence-electron chi connectivity index (χ2n) is 9.01. The molecule has 1 unspecified atom stereocenters. The highest BCUT2D eigenvalue weighted by atomic mass is 79.9. The molecule has 0 fully saturated rings. The number of carbonyl (C=O) groups is 3. The summed E-state index contributed by atoms with van der Waals surface area (Å²) >= 11 is 3.30. The Kier molecular flexibility index (Phi) is 8.17. The first-order valence-corrected chi connectivity index (χ1v) is 12.3. The molecule has 0 aromatic heterocycles. The fourth-order valence-corrected chi connectivity index (χ4v) is 4.87. The Labute approximate surface area is 223 Å². The number of hydrogen-bond donors (Lipinski definition) is 1. The average Bonchev–Trinajstić information content (AvgIpc) is 2.82. The number of phenolic OH excluding ortho intramolecular Hbond substituents is 1. The summed E-state index contributed by atoms with van der Waals surface area (Å²) in [6.07, 6.45) is 2.59. The molecule has 1 atom stereocenters. The van der Waals surface area contributed by atoms with Gasteiger partial charge in [-0.3, -0.25) is 24.2 Å². The Bertz CT molecular complexity index is 1350. The second kappa shape index (κ2) is 10.8. The molecular formula is C28H29BrO8. The largest absolute Gasteiger partial charge is 0.503 e. The maximum absolute atomic E-state index is 13.1. The third-order valence-corrected chi connectivity index (χ3v) is 7.29. The molecule has 0 aliphatic heterocycles. The number of ketones is 2. The van der Waals surface area contributed by atoms with Crippen molar-refractivity contribution in [3.8, 4) is 23.0 Å². The molecule has 0 bridgehead atoms. The Morgan fingerprint density at radius 1 is 0.919 bits per heavy atom. The molecule has 0 spiro atoms. The van der Waals surface area contributed by atoms with Gasteiger partial charge in [0, 0.05) is 22.8 Å². The average molecular weight is 573 g/mol. The number of phenols is 1. The zero-order chi connectivity index (χ0) is 27.8. The number of aromatic hydroxyl groups is 1. The lowest BCUT2D eigenvalue weighted by Crippen LogP contribution is -2.27. The number of benzene rings is 2. The maximum atomic E-state index is 13.1. The predicted molar refractivity (Wildman–Crippen MR) is 140 cm³/mol. The van der Waals surface area contributed by atoms with Gasteiger partial charge in [0.2, 0.25) is 5.75 Å². The van der Waals surface area contributed by atoms with Crippen molar-refractivity contribution in [1.82, 2.24) is 0 Å².